The number of hydrogen-bond donors (Lipinski definition) is 1. The number of aliphatic hydroxyl groups is 1. The summed E-state index contributed by atoms with van der Waals surface area (Å²) in [4.78, 5) is 4.30. The monoisotopic (exact) mass is 254 g/mol. The Balaban J connectivity index is 2.37. The maximum Gasteiger partial charge on any atom is 0.113 e. The molecular formula is C10H11BrN2O. The van der Waals surface area contributed by atoms with Crippen LogP contribution in [0.3, 0.4) is 0 Å². The fourth-order valence-corrected chi connectivity index (χ4v) is 1.80. The Morgan fingerprint density at radius 3 is 3.14 bits per heavy atom. The lowest BCUT2D eigenvalue weighted by Crippen LogP contribution is -1.96. The van der Waals surface area contributed by atoms with Crippen molar-refractivity contribution in [2.24, 2.45) is 0 Å². The second kappa shape index (κ2) is 4.11. The second-order valence-corrected chi connectivity index (χ2v) is 4.06. The number of aryl methyl sites for hydroxylation is 1. The standard InChI is InChI=1S/C10H11BrN2O/c11-8-3-4-13-9(6-8)7-12-10(13)2-1-5-14/h3-4,6-7,14H,1-2,5H2. The van der Waals surface area contributed by atoms with E-state index < -0.39 is 0 Å². The van der Waals surface area contributed by atoms with Crippen LogP contribution in [0.15, 0.2) is 29.0 Å². The van der Waals surface area contributed by atoms with E-state index in [9.17, 15) is 0 Å². The van der Waals surface area contributed by atoms with Crippen LogP contribution in [0.4, 0.5) is 0 Å². The van der Waals surface area contributed by atoms with E-state index in [4.69, 9.17) is 5.11 Å². The predicted octanol–water partition coefficient (Wildman–Crippen LogP) is 2.02. The summed E-state index contributed by atoms with van der Waals surface area (Å²) in [7, 11) is 0. The molecule has 0 spiro atoms. The van der Waals surface area contributed by atoms with Gasteiger partial charge in [-0.3, -0.25) is 0 Å². The minimum atomic E-state index is 0.214. The molecule has 0 fully saturated rings. The first-order valence-corrected chi connectivity index (χ1v) is 5.33. The summed E-state index contributed by atoms with van der Waals surface area (Å²) in [5.74, 6) is 1.00. The third-order valence-electron chi connectivity index (χ3n) is 2.13. The maximum absolute atomic E-state index is 8.74. The summed E-state index contributed by atoms with van der Waals surface area (Å²) in [5, 5.41) is 8.74. The first-order valence-electron chi connectivity index (χ1n) is 4.53. The Labute approximate surface area is 90.5 Å². The number of aromatic nitrogens is 2. The minimum absolute atomic E-state index is 0.214. The van der Waals surface area contributed by atoms with Crippen LogP contribution in [0.25, 0.3) is 5.52 Å². The highest BCUT2D eigenvalue weighted by molar-refractivity contribution is 9.10. The van der Waals surface area contributed by atoms with Crippen LogP contribution in [0.2, 0.25) is 0 Å². The van der Waals surface area contributed by atoms with Crippen LogP contribution in [0.1, 0.15) is 12.2 Å². The van der Waals surface area contributed by atoms with Crippen molar-refractivity contribution in [2.45, 2.75) is 12.8 Å². The lowest BCUT2D eigenvalue weighted by molar-refractivity contribution is 0.287. The third kappa shape index (κ3) is 1.81. The van der Waals surface area contributed by atoms with Gasteiger partial charge in [-0.2, -0.15) is 0 Å². The molecule has 2 rings (SSSR count). The Morgan fingerprint density at radius 2 is 2.36 bits per heavy atom. The smallest absolute Gasteiger partial charge is 0.113 e. The van der Waals surface area contributed by atoms with E-state index >= 15 is 0 Å². The zero-order valence-electron chi connectivity index (χ0n) is 7.65. The molecule has 0 aliphatic carbocycles. The first-order chi connectivity index (χ1) is 6.81. The molecule has 14 heavy (non-hydrogen) atoms. The highest BCUT2D eigenvalue weighted by atomic mass is 79.9. The fraction of sp³-hybridized carbons (Fsp3) is 0.300. The van der Waals surface area contributed by atoms with Crippen LogP contribution in [0.5, 0.6) is 0 Å². The van der Waals surface area contributed by atoms with E-state index in [0.717, 1.165) is 28.7 Å². The van der Waals surface area contributed by atoms with E-state index in [0.29, 0.717) is 0 Å². The van der Waals surface area contributed by atoms with Crippen molar-refractivity contribution in [2.75, 3.05) is 6.61 Å². The highest BCUT2D eigenvalue weighted by Crippen LogP contribution is 2.15. The molecule has 4 heteroatoms. The minimum Gasteiger partial charge on any atom is -0.396 e. The number of aliphatic hydroxyl groups excluding tert-OH is 1. The van der Waals surface area contributed by atoms with Gasteiger partial charge in [0, 0.05) is 23.7 Å². The lowest BCUT2D eigenvalue weighted by atomic mass is 10.3. The molecule has 0 atom stereocenters. The average molecular weight is 255 g/mol. The van der Waals surface area contributed by atoms with Gasteiger partial charge in [0.2, 0.25) is 0 Å². The molecule has 0 amide bonds. The van der Waals surface area contributed by atoms with E-state index in [-0.39, 0.29) is 6.61 Å². The van der Waals surface area contributed by atoms with E-state index in [2.05, 4.69) is 20.9 Å². The Bertz CT molecular complexity index is 439. The molecule has 0 unspecified atom stereocenters. The van der Waals surface area contributed by atoms with Crippen molar-refractivity contribution in [3.63, 3.8) is 0 Å². The molecule has 0 aromatic carbocycles. The average Bonchev–Trinajstić information content (AvgIpc) is 2.57. The second-order valence-electron chi connectivity index (χ2n) is 3.14. The van der Waals surface area contributed by atoms with Crippen LogP contribution < -0.4 is 0 Å². The zero-order chi connectivity index (χ0) is 9.97. The summed E-state index contributed by atoms with van der Waals surface area (Å²) in [6.45, 7) is 0.214. The molecular weight excluding hydrogens is 244 g/mol. The van der Waals surface area contributed by atoms with Gasteiger partial charge in [0.15, 0.2) is 0 Å². The molecule has 0 radical (unpaired) electrons. The molecule has 74 valence electrons. The number of nitrogens with zero attached hydrogens (tertiary/aromatic N) is 2. The number of imidazole rings is 1. The number of halogens is 1. The molecule has 1 N–H and O–H groups in total. The summed E-state index contributed by atoms with van der Waals surface area (Å²) in [6, 6.07) is 4.01. The van der Waals surface area contributed by atoms with E-state index in [1.54, 1.807) is 0 Å². The summed E-state index contributed by atoms with van der Waals surface area (Å²) >= 11 is 3.41. The molecule has 0 saturated carbocycles. The first kappa shape index (κ1) is 9.68. The molecule has 2 aromatic heterocycles. The van der Waals surface area contributed by atoms with E-state index in [1.165, 1.54) is 0 Å². The van der Waals surface area contributed by atoms with Gasteiger partial charge in [0.05, 0.1) is 11.7 Å². The van der Waals surface area contributed by atoms with Crippen molar-refractivity contribution in [1.29, 1.82) is 0 Å². The summed E-state index contributed by atoms with van der Waals surface area (Å²) in [5.41, 5.74) is 1.08. The lowest BCUT2D eigenvalue weighted by Gasteiger charge is -1.99. The van der Waals surface area contributed by atoms with E-state index in [1.807, 2.05) is 28.9 Å². The summed E-state index contributed by atoms with van der Waals surface area (Å²) < 4.78 is 3.10. The van der Waals surface area contributed by atoms with Crippen molar-refractivity contribution in [1.82, 2.24) is 9.38 Å². The topological polar surface area (TPSA) is 37.5 Å². The van der Waals surface area contributed by atoms with Crippen LogP contribution >= 0.6 is 15.9 Å². The van der Waals surface area contributed by atoms with Crippen molar-refractivity contribution in [3.05, 3.63) is 34.8 Å². The zero-order valence-corrected chi connectivity index (χ0v) is 9.24. The molecule has 2 heterocycles. The number of hydrogen-bond acceptors (Lipinski definition) is 2. The van der Waals surface area contributed by atoms with Gasteiger partial charge in [-0.05, 0) is 18.6 Å². The predicted molar refractivity (Wildman–Crippen MR) is 58.3 cm³/mol. The molecule has 0 aliphatic heterocycles. The number of pyridine rings is 1. The van der Waals surface area contributed by atoms with Gasteiger partial charge in [0.25, 0.3) is 0 Å². The van der Waals surface area contributed by atoms with Crippen molar-refractivity contribution < 1.29 is 5.11 Å². The Kier molecular flexibility index (Phi) is 2.84. The SMILES string of the molecule is OCCCc1ncc2cc(Br)ccn12. The van der Waals surface area contributed by atoms with Crippen LogP contribution in [-0.4, -0.2) is 21.1 Å². The molecule has 2 aromatic rings. The van der Waals surface area contributed by atoms with Gasteiger partial charge in [-0.1, -0.05) is 15.9 Å². The maximum atomic E-state index is 8.74. The fourth-order valence-electron chi connectivity index (χ4n) is 1.45. The Morgan fingerprint density at radius 1 is 1.50 bits per heavy atom. The quantitative estimate of drug-likeness (QED) is 0.911. The van der Waals surface area contributed by atoms with Gasteiger partial charge in [-0.15, -0.1) is 0 Å². The molecule has 0 bridgehead atoms. The molecule has 0 saturated heterocycles. The third-order valence-corrected chi connectivity index (χ3v) is 2.62. The van der Waals surface area contributed by atoms with Gasteiger partial charge in [0.1, 0.15) is 5.82 Å². The van der Waals surface area contributed by atoms with Gasteiger partial charge < -0.3 is 9.51 Å². The van der Waals surface area contributed by atoms with Crippen molar-refractivity contribution >= 4 is 21.4 Å². The summed E-state index contributed by atoms with van der Waals surface area (Å²) in [6.07, 6.45) is 5.40. The number of fused-ring (bicyclic) bond motifs is 1. The Hall–Kier alpha value is -0.870. The highest BCUT2D eigenvalue weighted by Gasteiger charge is 2.02. The van der Waals surface area contributed by atoms with Gasteiger partial charge >= 0.3 is 0 Å². The van der Waals surface area contributed by atoms with Crippen LogP contribution in [0, 0.1) is 0 Å². The number of rotatable bonds is 3. The van der Waals surface area contributed by atoms with Crippen LogP contribution in [-0.2, 0) is 6.42 Å². The largest absolute Gasteiger partial charge is 0.396 e. The normalized spacial score (nSPS) is 11.0. The van der Waals surface area contributed by atoms with Crippen molar-refractivity contribution in [3.8, 4) is 0 Å². The molecule has 0 aliphatic rings. The van der Waals surface area contributed by atoms with Gasteiger partial charge in [-0.25, -0.2) is 4.98 Å². The molecule has 3 nitrogen and oxygen atoms in total.